The molecule has 1 nitrogen and oxygen atoms in total. The minimum Gasteiger partial charge on any atom is -0.248 e. The fourth-order valence-corrected chi connectivity index (χ4v) is 4.98. The molecular weight excluding hydrogens is 322 g/mol. The van der Waals surface area contributed by atoms with Crippen molar-refractivity contribution in [3.63, 3.8) is 0 Å². The molecule has 3 aromatic carbocycles. The lowest BCUT2D eigenvalue weighted by molar-refractivity contribution is 1.40. The molecule has 0 spiro atoms. The lowest BCUT2D eigenvalue weighted by Gasteiger charge is -2.06. The summed E-state index contributed by atoms with van der Waals surface area (Å²) >= 11 is 1.85. The first-order valence-corrected chi connectivity index (χ1v) is 9.22. The van der Waals surface area contributed by atoms with E-state index in [9.17, 15) is 0 Å². The van der Waals surface area contributed by atoms with Gasteiger partial charge >= 0.3 is 0 Å². The number of benzene rings is 3. The standard InChI is InChI=1S/C23H13NS/c1-2-7-21-17(5-1)18-11-10-15(13-22(18)25-21)20-12-16-9-8-14-4-3-6-19(24-20)23(14)16/h1-13H. The van der Waals surface area contributed by atoms with E-state index >= 15 is 0 Å². The summed E-state index contributed by atoms with van der Waals surface area (Å²) in [6.45, 7) is 0. The number of aromatic nitrogens is 1. The molecule has 0 fully saturated rings. The molecule has 0 saturated carbocycles. The zero-order valence-corrected chi connectivity index (χ0v) is 14.2. The van der Waals surface area contributed by atoms with Crippen molar-refractivity contribution in [1.29, 1.82) is 0 Å². The second-order valence-electron chi connectivity index (χ2n) is 6.48. The van der Waals surface area contributed by atoms with Crippen LogP contribution in [-0.4, -0.2) is 4.98 Å². The molecule has 0 atom stereocenters. The topological polar surface area (TPSA) is 12.9 Å². The molecule has 2 heteroatoms. The molecule has 5 aromatic rings. The Balaban J connectivity index is 1.61. The quantitative estimate of drug-likeness (QED) is 0.324. The smallest absolute Gasteiger partial charge is 0.0721 e. The van der Waals surface area contributed by atoms with Gasteiger partial charge in [0.25, 0.3) is 0 Å². The maximum absolute atomic E-state index is 4.93. The van der Waals surface area contributed by atoms with Crippen LogP contribution in [0.4, 0.5) is 0 Å². The summed E-state index contributed by atoms with van der Waals surface area (Å²) in [5.74, 6) is 0. The summed E-state index contributed by atoms with van der Waals surface area (Å²) < 4.78 is 2.66. The first-order valence-electron chi connectivity index (χ1n) is 8.40. The molecule has 0 radical (unpaired) electrons. The molecule has 1 aliphatic rings. The Morgan fingerprint density at radius 2 is 1.56 bits per heavy atom. The van der Waals surface area contributed by atoms with Gasteiger partial charge in [-0.15, -0.1) is 11.3 Å². The van der Waals surface area contributed by atoms with Crippen molar-refractivity contribution in [2.45, 2.75) is 0 Å². The predicted molar refractivity (Wildman–Crippen MR) is 109 cm³/mol. The third-order valence-electron chi connectivity index (χ3n) is 5.01. The minimum atomic E-state index is 1.05. The Morgan fingerprint density at radius 3 is 2.56 bits per heavy atom. The third kappa shape index (κ3) is 1.86. The van der Waals surface area contributed by atoms with Gasteiger partial charge < -0.3 is 0 Å². The molecule has 0 saturated heterocycles. The van der Waals surface area contributed by atoms with Crippen molar-refractivity contribution in [2.75, 3.05) is 0 Å². The number of hydrogen-bond acceptors (Lipinski definition) is 2. The van der Waals surface area contributed by atoms with Crippen LogP contribution in [0, 0.1) is 0 Å². The van der Waals surface area contributed by atoms with Gasteiger partial charge in [-0.3, -0.25) is 0 Å². The van der Waals surface area contributed by atoms with Gasteiger partial charge in [0.2, 0.25) is 0 Å². The minimum absolute atomic E-state index is 1.05. The first-order chi connectivity index (χ1) is 12.4. The van der Waals surface area contributed by atoms with E-state index < -0.39 is 0 Å². The summed E-state index contributed by atoms with van der Waals surface area (Å²) in [6, 6.07) is 23.9. The highest BCUT2D eigenvalue weighted by Gasteiger charge is 2.13. The zero-order chi connectivity index (χ0) is 16.4. The molecule has 1 aliphatic carbocycles. The number of thiophene rings is 1. The van der Waals surface area contributed by atoms with Crippen molar-refractivity contribution < 1.29 is 0 Å². The summed E-state index contributed by atoms with van der Waals surface area (Å²) in [7, 11) is 0. The average Bonchev–Trinajstić information content (AvgIpc) is 3.23. The third-order valence-corrected chi connectivity index (χ3v) is 6.15. The van der Waals surface area contributed by atoms with Crippen LogP contribution in [0.1, 0.15) is 11.1 Å². The Kier molecular flexibility index (Phi) is 2.55. The summed E-state index contributed by atoms with van der Waals surface area (Å²) in [6.07, 6.45) is 4.37. The van der Waals surface area contributed by atoms with Crippen LogP contribution in [-0.2, 0) is 0 Å². The van der Waals surface area contributed by atoms with Gasteiger partial charge in [0, 0.05) is 31.1 Å². The number of fused-ring (bicyclic) bond motifs is 3. The van der Waals surface area contributed by atoms with Gasteiger partial charge in [0.05, 0.1) is 11.2 Å². The van der Waals surface area contributed by atoms with Gasteiger partial charge in [-0.2, -0.15) is 0 Å². The van der Waals surface area contributed by atoms with E-state index in [1.165, 1.54) is 42.2 Å². The summed E-state index contributed by atoms with van der Waals surface area (Å²) in [5, 5.41) is 3.94. The molecule has 0 amide bonds. The summed E-state index contributed by atoms with van der Waals surface area (Å²) in [4.78, 5) is 4.93. The Bertz CT molecular complexity index is 1340. The molecule has 25 heavy (non-hydrogen) atoms. The molecule has 0 N–H and O–H groups in total. The summed E-state index contributed by atoms with van der Waals surface area (Å²) in [5.41, 5.74) is 5.85. The van der Waals surface area contributed by atoms with E-state index in [-0.39, 0.29) is 0 Å². The SMILES string of the molecule is C1=Cc2cc(-c3ccc4c(c3)sc3ccccc34)nc3cccc1c23. The fraction of sp³-hybridized carbons (Fsp3) is 0. The number of rotatable bonds is 1. The molecule has 2 aromatic heterocycles. The molecule has 0 aliphatic heterocycles. The van der Waals surface area contributed by atoms with Gasteiger partial charge in [-0.05, 0) is 35.4 Å². The highest BCUT2D eigenvalue weighted by molar-refractivity contribution is 7.25. The van der Waals surface area contributed by atoms with E-state index in [4.69, 9.17) is 4.98 Å². The van der Waals surface area contributed by atoms with Crippen molar-refractivity contribution >= 4 is 54.6 Å². The van der Waals surface area contributed by atoms with Crippen molar-refractivity contribution in [3.05, 3.63) is 77.9 Å². The van der Waals surface area contributed by atoms with Crippen LogP contribution in [0.5, 0.6) is 0 Å². The van der Waals surface area contributed by atoms with Gasteiger partial charge in [-0.25, -0.2) is 4.98 Å². The van der Waals surface area contributed by atoms with E-state index in [1.807, 2.05) is 11.3 Å². The van der Waals surface area contributed by atoms with Crippen LogP contribution < -0.4 is 0 Å². The molecular formula is C23H13NS. The zero-order valence-electron chi connectivity index (χ0n) is 13.4. The lowest BCUT2D eigenvalue weighted by Crippen LogP contribution is -1.88. The van der Waals surface area contributed by atoms with Crippen LogP contribution in [0.3, 0.4) is 0 Å². The Morgan fingerprint density at radius 1 is 0.680 bits per heavy atom. The normalized spacial score (nSPS) is 12.6. The van der Waals surface area contributed by atoms with Crippen molar-refractivity contribution in [2.24, 2.45) is 0 Å². The fourth-order valence-electron chi connectivity index (χ4n) is 3.83. The highest BCUT2D eigenvalue weighted by atomic mass is 32.1. The largest absolute Gasteiger partial charge is 0.248 e. The number of pyridine rings is 1. The van der Waals surface area contributed by atoms with Gasteiger partial charge in [0.15, 0.2) is 0 Å². The first kappa shape index (κ1) is 13.3. The monoisotopic (exact) mass is 335 g/mol. The lowest BCUT2D eigenvalue weighted by atomic mass is 10.0. The van der Waals surface area contributed by atoms with E-state index in [0.717, 1.165) is 11.2 Å². The van der Waals surface area contributed by atoms with Crippen LogP contribution >= 0.6 is 11.3 Å². The van der Waals surface area contributed by atoms with E-state index in [2.05, 4.69) is 78.9 Å². The molecule has 0 unspecified atom stereocenters. The average molecular weight is 335 g/mol. The Labute approximate surface area is 148 Å². The Hall–Kier alpha value is -2.97. The van der Waals surface area contributed by atoms with Crippen LogP contribution in [0.2, 0.25) is 0 Å². The van der Waals surface area contributed by atoms with Crippen LogP contribution in [0.25, 0.3) is 54.5 Å². The van der Waals surface area contributed by atoms with Crippen molar-refractivity contribution in [3.8, 4) is 11.3 Å². The number of hydrogen-bond donors (Lipinski definition) is 0. The maximum Gasteiger partial charge on any atom is 0.0721 e. The molecule has 2 heterocycles. The molecule has 6 rings (SSSR count). The van der Waals surface area contributed by atoms with Crippen LogP contribution in [0.15, 0.2) is 66.7 Å². The van der Waals surface area contributed by atoms with Gasteiger partial charge in [0.1, 0.15) is 0 Å². The predicted octanol–water partition coefficient (Wildman–Crippen LogP) is 6.75. The second kappa shape index (κ2) is 4.78. The molecule has 116 valence electrons. The molecule has 0 bridgehead atoms. The highest BCUT2D eigenvalue weighted by Crippen LogP contribution is 2.37. The number of nitrogens with zero attached hydrogens (tertiary/aromatic N) is 1. The maximum atomic E-state index is 4.93. The van der Waals surface area contributed by atoms with Crippen molar-refractivity contribution in [1.82, 2.24) is 4.98 Å². The van der Waals surface area contributed by atoms with E-state index in [0.29, 0.717) is 0 Å². The van der Waals surface area contributed by atoms with Gasteiger partial charge in [-0.1, -0.05) is 54.6 Å². The van der Waals surface area contributed by atoms with E-state index in [1.54, 1.807) is 0 Å². The second-order valence-corrected chi connectivity index (χ2v) is 7.56.